The number of amides is 2. The SMILES string of the molecule is CC(C)[C@H](CC(=O)CCOCCOCCOCCN=[N+]=[N-])C(=O)N[C@@H](C)C(=O)Nc1ccc(COP(=O)(OCC2c3ccccc3-c3ccccc32)OCC2c3ccccc3-c3ccccc32)cc1. The van der Waals surface area contributed by atoms with Crippen LogP contribution in [0.4, 0.5) is 5.69 Å². The first-order valence-corrected chi connectivity index (χ1v) is 24.9. The van der Waals surface area contributed by atoms with E-state index in [1.54, 1.807) is 31.2 Å². The molecule has 0 spiro atoms. The fourth-order valence-corrected chi connectivity index (χ4v) is 9.85. The van der Waals surface area contributed by atoms with Gasteiger partial charge in [-0.05, 0) is 80.6 Å². The molecule has 5 aromatic rings. The molecule has 15 nitrogen and oxygen atoms in total. The zero-order valence-corrected chi connectivity index (χ0v) is 40.2. The van der Waals surface area contributed by atoms with Gasteiger partial charge in [0.15, 0.2) is 0 Å². The number of phosphoric acid groups is 1. The van der Waals surface area contributed by atoms with Gasteiger partial charge in [-0.3, -0.25) is 28.0 Å². The lowest BCUT2D eigenvalue weighted by Gasteiger charge is -2.23. The first-order chi connectivity index (χ1) is 33.5. The van der Waals surface area contributed by atoms with Gasteiger partial charge in [0.1, 0.15) is 11.8 Å². The highest BCUT2D eigenvalue weighted by Crippen LogP contribution is 2.55. The molecule has 0 radical (unpaired) electrons. The van der Waals surface area contributed by atoms with Crippen molar-refractivity contribution in [2.75, 3.05) is 64.7 Å². The van der Waals surface area contributed by atoms with Gasteiger partial charge < -0.3 is 24.8 Å². The summed E-state index contributed by atoms with van der Waals surface area (Å²) < 4.78 is 49.8. The lowest BCUT2D eigenvalue weighted by atomic mass is 9.89. The Labute approximate surface area is 403 Å². The summed E-state index contributed by atoms with van der Waals surface area (Å²) in [5.41, 5.74) is 18.2. The maximum absolute atomic E-state index is 14.8. The number of anilines is 1. The van der Waals surface area contributed by atoms with E-state index >= 15 is 0 Å². The lowest BCUT2D eigenvalue weighted by Crippen LogP contribution is -2.45. The third-order valence-corrected chi connectivity index (χ3v) is 13.7. The Bertz CT molecular complexity index is 2440. The molecule has 0 fully saturated rings. The van der Waals surface area contributed by atoms with Gasteiger partial charge in [-0.1, -0.05) is 128 Å². The van der Waals surface area contributed by atoms with Gasteiger partial charge in [-0.15, -0.1) is 0 Å². The molecule has 2 aliphatic rings. The number of benzene rings is 5. The Balaban J connectivity index is 0.908. The van der Waals surface area contributed by atoms with Crippen molar-refractivity contribution in [2.45, 2.75) is 58.1 Å². The van der Waals surface area contributed by atoms with Crippen LogP contribution in [0, 0.1) is 11.8 Å². The van der Waals surface area contributed by atoms with Gasteiger partial charge in [-0.25, -0.2) is 4.57 Å². The summed E-state index contributed by atoms with van der Waals surface area (Å²) in [5.74, 6) is -2.08. The minimum Gasteiger partial charge on any atom is -0.379 e. The predicted octanol–water partition coefficient (Wildman–Crippen LogP) is 10.4. The molecule has 0 aliphatic heterocycles. The summed E-state index contributed by atoms with van der Waals surface area (Å²) >= 11 is 0. The molecule has 0 unspecified atom stereocenters. The number of nitrogens with one attached hydrogen (secondary N) is 2. The molecule has 0 aromatic heterocycles. The third-order valence-electron chi connectivity index (χ3n) is 12.3. The van der Waals surface area contributed by atoms with Crippen LogP contribution in [-0.4, -0.2) is 83.0 Å². The molecule has 2 atom stereocenters. The second-order valence-electron chi connectivity index (χ2n) is 17.3. The highest BCUT2D eigenvalue weighted by atomic mass is 31.2. The van der Waals surface area contributed by atoms with Crippen LogP contribution in [0.5, 0.6) is 0 Å². The Kier molecular flexibility index (Phi) is 18.5. The molecule has 0 saturated heterocycles. The Morgan fingerprint density at radius 1 is 0.623 bits per heavy atom. The highest BCUT2D eigenvalue weighted by molar-refractivity contribution is 7.48. The molecule has 2 N–H and O–H groups in total. The number of rotatable bonds is 28. The van der Waals surface area contributed by atoms with Gasteiger partial charge in [0.25, 0.3) is 0 Å². The maximum atomic E-state index is 14.8. The number of hydrogen-bond acceptors (Lipinski definition) is 11. The number of ether oxygens (including phenoxy) is 3. The van der Waals surface area contributed by atoms with Crippen LogP contribution >= 0.6 is 7.82 Å². The van der Waals surface area contributed by atoms with Crippen molar-refractivity contribution < 1.29 is 46.7 Å². The van der Waals surface area contributed by atoms with E-state index < -0.39 is 25.7 Å². The fourth-order valence-electron chi connectivity index (χ4n) is 8.65. The molecular formula is C53H60N5O10P. The molecule has 16 heteroatoms. The molecule has 0 heterocycles. The van der Waals surface area contributed by atoms with E-state index in [-0.39, 0.29) is 75.3 Å². The molecule has 0 bridgehead atoms. The van der Waals surface area contributed by atoms with E-state index in [2.05, 4.69) is 69.2 Å². The van der Waals surface area contributed by atoms with Crippen molar-refractivity contribution >= 4 is 31.1 Å². The van der Waals surface area contributed by atoms with Crippen LogP contribution in [0.3, 0.4) is 0 Å². The van der Waals surface area contributed by atoms with Gasteiger partial charge in [0.2, 0.25) is 11.8 Å². The normalized spacial score (nSPS) is 13.7. The fraction of sp³-hybridized carbons (Fsp3) is 0.377. The number of carbonyl (C=O) groups excluding carboxylic acids is 3. The van der Waals surface area contributed by atoms with Crippen LogP contribution in [0.1, 0.15) is 73.3 Å². The van der Waals surface area contributed by atoms with E-state index in [0.29, 0.717) is 44.3 Å². The summed E-state index contributed by atoms with van der Waals surface area (Å²) in [6, 6.07) is 38.7. The van der Waals surface area contributed by atoms with Gasteiger partial charge >= 0.3 is 7.82 Å². The molecule has 5 aromatic carbocycles. The minimum atomic E-state index is -4.19. The van der Waals surface area contributed by atoms with Crippen LogP contribution < -0.4 is 10.6 Å². The first-order valence-electron chi connectivity index (χ1n) is 23.4. The predicted molar refractivity (Wildman–Crippen MR) is 263 cm³/mol. The number of nitrogens with zero attached hydrogens (tertiary/aromatic N) is 3. The van der Waals surface area contributed by atoms with Crippen molar-refractivity contribution in [1.29, 1.82) is 0 Å². The quantitative estimate of drug-likeness (QED) is 0.0160. The zero-order valence-electron chi connectivity index (χ0n) is 39.3. The largest absolute Gasteiger partial charge is 0.475 e. The monoisotopic (exact) mass is 957 g/mol. The van der Waals surface area contributed by atoms with Gasteiger partial charge in [-0.2, -0.15) is 0 Å². The molecule has 362 valence electrons. The van der Waals surface area contributed by atoms with Crippen LogP contribution in [0.15, 0.2) is 126 Å². The Morgan fingerprint density at radius 3 is 1.57 bits per heavy atom. The summed E-state index contributed by atoms with van der Waals surface area (Å²) in [4.78, 5) is 42.1. The van der Waals surface area contributed by atoms with Crippen LogP contribution in [0.2, 0.25) is 0 Å². The van der Waals surface area contributed by atoms with Crippen molar-refractivity contribution in [1.82, 2.24) is 5.32 Å². The summed E-state index contributed by atoms with van der Waals surface area (Å²) in [7, 11) is -4.19. The van der Waals surface area contributed by atoms with E-state index in [9.17, 15) is 18.9 Å². The molecule has 69 heavy (non-hydrogen) atoms. The van der Waals surface area contributed by atoms with E-state index in [1.807, 2.05) is 62.4 Å². The number of ketones is 1. The van der Waals surface area contributed by atoms with Gasteiger partial charge in [0.05, 0.1) is 59.5 Å². The van der Waals surface area contributed by atoms with Crippen molar-refractivity contribution in [3.05, 3.63) is 160 Å². The van der Waals surface area contributed by atoms with Crippen LogP contribution in [0.25, 0.3) is 32.7 Å². The average Bonchev–Trinajstić information content (AvgIpc) is 3.86. The lowest BCUT2D eigenvalue weighted by molar-refractivity contribution is -0.133. The van der Waals surface area contributed by atoms with Crippen molar-refractivity contribution in [3.63, 3.8) is 0 Å². The third kappa shape index (κ3) is 13.6. The van der Waals surface area contributed by atoms with Crippen molar-refractivity contribution in [3.8, 4) is 22.3 Å². The number of hydrogen-bond donors (Lipinski definition) is 2. The zero-order chi connectivity index (χ0) is 48.6. The second-order valence-corrected chi connectivity index (χ2v) is 19.0. The Morgan fingerprint density at radius 2 is 1.09 bits per heavy atom. The summed E-state index contributed by atoms with van der Waals surface area (Å²) in [6.07, 6.45) is 0.158. The molecular weight excluding hydrogens is 898 g/mol. The molecule has 2 aliphatic carbocycles. The van der Waals surface area contributed by atoms with E-state index in [1.165, 1.54) is 0 Å². The number of carbonyl (C=O) groups is 3. The van der Waals surface area contributed by atoms with E-state index in [4.69, 9.17) is 33.3 Å². The number of phosphoric ester groups is 1. The second kappa shape index (κ2) is 25.0. The highest BCUT2D eigenvalue weighted by Gasteiger charge is 2.37. The number of azide groups is 1. The first kappa shape index (κ1) is 50.9. The summed E-state index contributed by atoms with van der Waals surface area (Å²) in [6.45, 7) is 7.50. The van der Waals surface area contributed by atoms with Crippen LogP contribution in [-0.2, 0) is 53.3 Å². The van der Waals surface area contributed by atoms with Gasteiger partial charge in [0, 0.05) is 47.7 Å². The molecule has 0 saturated carbocycles. The number of Topliss-reactive ketones (excluding diaryl/α,β-unsaturated/α-hetero) is 1. The number of fused-ring (bicyclic) bond motifs is 6. The maximum Gasteiger partial charge on any atom is 0.475 e. The van der Waals surface area contributed by atoms with E-state index in [0.717, 1.165) is 44.5 Å². The Hall–Kier alpha value is -5.99. The van der Waals surface area contributed by atoms with Crippen molar-refractivity contribution in [2.24, 2.45) is 17.0 Å². The molecule has 7 rings (SSSR count). The minimum absolute atomic E-state index is 0.0163. The smallest absolute Gasteiger partial charge is 0.379 e. The molecule has 2 amide bonds. The average molecular weight is 958 g/mol. The topological polar surface area (TPSA) is 196 Å². The summed E-state index contributed by atoms with van der Waals surface area (Å²) in [5, 5.41) is 9.00. The standard InChI is InChI=1S/C53H60N5O10P/c1-36(2)49(32-40(59)24-26-63-28-30-65-31-29-64-27-25-55-58-54)53(61)56-37(3)52(60)57-39-22-20-38(21-23-39)33-66-69(62,67-34-50-45-16-8-4-12-41(45)42-13-5-9-17-46(42)50)68-35-51-47-18-10-6-14-43(47)44-15-7-11-19-48(44)51/h4-23,36-37,49-51H,24-35H2,1-3H3,(H,56,61)(H,57,60)/t37-,49-/m0/s1.